The predicted molar refractivity (Wildman–Crippen MR) is 71.4 cm³/mol. The van der Waals surface area contributed by atoms with Crippen molar-refractivity contribution >= 4 is 0 Å². The molecule has 1 aromatic carbocycles. The third-order valence-electron chi connectivity index (χ3n) is 3.46. The van der Waals surface area contributed by atoms with E-state index in [1.54, 1.807) is 0 Å². The number of nitrogens with zero attached hydrogens (tertiary/aromatic N) is 1. The van der Waals surface area contributed by atoms with Gasteiger partial charge in [0.1, 0.15) is 0 Å². The van der Waals surface area contributed by atoms with E-state index in [0.29, 0.717) is 13.2 Å². The lowest BCUT2D eigenvalue weighted by Crippen LogP contribution is -3.00. The van der Waals surface area contributed by atoms with Gasteiger partial charge >= 0.3 is 0 Å². The molecule has 0 spiro atoms. The van der Waals surface area contributed by atoms with Crippen LogP contribution in [-0.2, 0) is 21.8 Å². The summed E-state index contributed by atoms with van der Waals surface area (Å²) in [4.78, 5) is 0. The summed E-state index contributed by atoms with van der Waals surface area (Å²) < 4.78 is 13.5. The minimum atomic E-state index is -0.578. The molecular weight excluding hydrogens is 274 g/mol. The second-order valence-electron chi connectivity index (χ2n) is 4.89. The first-order valence-electron chi connectivity index (χ1n) is 6.58. The third-order valence-corrected chi connectivity index (χ3v) is 3.46. The summed E-state index contributed by atoms with van der Waals surface area (Å²) in [6.45, 7) is 4.17. The smallest absolute Gasteiger partial charge is 0.192 e. The van der Waals surface area contributed by atoms with Crippen molar-refractivity contribution < 1.29 is 26.4 Å². The SMILES string of the molecule is CC1(c2cc[n+](Cc3ccccc3)cc2)OCCO1.[Cl-]. The molecule has 1 aromatic heterocycles. The van der Waals surface area contributed by atoms with Crippen LogP contribution in [0.4, 0.5) is 0 Å². The maximum absolute atomic E-state index is 5.65. The van der Waals surface area contributed by atoms with E-state index in [2.05, 4.69) is 53.4 Å². The minimum absolute atomic E-state index is 0. The molecule has 0 unspecified atom stereocenters. The lowest BCUT2D eigenvalue weighted by molar-refractivity contribution is -0.688. The summed E-state index contributed by atoms with van der Waals surface area (Å²) in [6.07, 6.45) is 4.14. The molecule has 0 saturated carbocycles. The highest BCUT2D eigenvalue weighted by Gasteiger charge is 2.33. The van der Waals surface area contributed by atoms with Gasteiger partial charge in [-0.1, -0.05) is 30.3 Å². The lowest BCUT2D eigenvalue weighted by atomic mass is 10.1. The summed E-state index contributed by atoms with van der Waals surface area (Å²) in [5.74, 6) is -0.578. The molecule has 0 atom stereocenters. The Morgan fingerprint density at radius 3 is 2.20 bits per heavy atom. The number of hydrogen-bond acceptors (Lipinski definition) is 2. The number of halogens is 1. The van der Waals surface area contributed by atoms with E-state index in [-0.39, 0.29) is 12.4 Å². The topological polar surface area (TPSA) is 22.3 Å². The zero-order chi connectivity index (χ0) is 13.1. The average Bonchev–Trinajstić information content (AvgIpc) is 2.89. The van der Waals surface area contributed by atoms with E-state index in [0.717, 1.165) is 12.1 Å². The molecule has 0 radical (unpaired) electrons. The van der Waals surface area contributed by atoms with Crippen LogP contribution in [0.15, 0.2) is 54.9 Å². The summed E-state index contributed by atoms with van der Waals surface area (Å²) in [7, 11) is 0. The summed E-state index contributed by atoms with van der Waals surface area (Å²) in [5.41, 5.74) is 2.36. The predicted octanol–water partition coefficient (Wildman–Crippen LogP) is -0.754. The van der Waals surface area contributed by atoms with Crippen molar-refractivity contribution in [1.29, 1.82) is 0 Å². The van der Waals surface area contributed by atoms with Gasteiger partial charge in [0.2, 0.25) is 0 Å². The van der Waals surface area contributed by atoms with Crippen molar-refractivity contribution in [3.8, 4) is 0 Å². The Kier molecular flexibility index (Phi) is 4.76. The second-order valence-corrected chi connectivity index (χ2v) is 4.89. The van der Waals surface area contributed by atoms with Gasteiger partial charge in [-0.2, -0.15) is 0 Å². The van der Waals surface area contributed by atoms with E-state index in [1.807, 2.05) is 13.0 Å². The van der Waals surface area contributed by atoms with Gasteiger partial charge in [0, 0.05) is 23.3 Å². The van der Waals surface area contributed by atoms with Crippen LogP contribution in [0.1, 0.15) is 18.1 Å². The van der Waals surface area contributed by atoms with Crippen molar-refractivity contribution in [3.05, 3.63) is 66.0 Å². The van der Waals surface area contributed by atoms with Crippen LogP contribution in [0.3, 0.4) is 0 Å². The van der Waals surface area contributed by atoms with Gasteiger partial charge in [-0.05, 0) is 6.92 Å². The molecule has 0 bridgehead atoms. The molecule has 20 heavy (non-hydrogen) atoms. The van der Waals surface area contributed by atoms with Crippen molar-refractivity contribution in [2.45, 2.75) is 19.3 Å². The van der Waals surface area contributed by atoms with E-state index in [9.17, 15) is 0 Å². The molecule has 0 aliphatic carbocycles. The highest BCUT2D eigenvalue weighted by atomic mass is 35.5. The van der Waals surface area contributed by atoms with Crippen molar-refractivity contribution in [2.75, 3.05) is 13.2 Å². The van der Waals surface area contributed by atoms with Gasteiger partial charge in [-0.3, -0.25) is 0 Å². The normalized spacial score (nSPS) is 16.6. The molecular formula is C16H18ClNO2. The zero-order valence-electron chi connectivity index (χ0n) is 11.5. The molecule has 0 N–H and O–H groups in total. The van der Waals surface area contributed by atoms with Crippen LogP contribution in [-0.4, -0.2) is 13.2 Å². The van der Waals surface area contributed by atoms with E-state index in [1.165, 1.54) is 5.56 Å². The van der Waals surface area contributed by atoms with Gasteiger partial charge in [-0.25, -0.2) is 4.57 Å². The van der Waals surface area contributed by atoms with Crippen LogP contribution in [0.5, 0.6) is 0 Å². The van der Waals surface area contributed by atoms with Crippen molar-refractivity contribution in [1.82, 2.24) is 0 Å². The molecule has 1 fully saturated rings. The maximum Gasteiger partial charge on any atom is 0.192 e. The van der Waals surface area contributed by atoms with Crippen LogP contribution in [0.2, 0.25) is 0 Å². The standard InChI is InChI=1S/C16H18NO2.ClH/c1-16(18-11-12-19-16)15-7-9-17(10-8-15)13-14-5-3-2-4-6-14;/h2-10H,11-13H2,1H3;1H/q+1;/p-1. The zero-order valence-corrected chi connectivity index (χ0v) is 12.2. The molecule has 2 aromatic rings. The Labute approximate surface area is 125 Å². The fourth-order valence-electron chi connectivity index (χ4n) is 2.34. The van der Waals surface area contributed by atoms with Crippen molar-refractivity contribution in [3.63, 3.8) is 0 Å². The van der Waals surface area contributed by atoms with E-state index >= 15 is 0 Å². The Bertz CT molecular complexity index is 536. The largest absolute Gasteiger partial charge is 1.00 e. The third kappa shape index (κ3) is 3.18. The molecule has 2 heterocycles. The molecule has 3 rings (SSSR count). The fraction of sp³-hybridized carbons (Fsp3) is 0.312. The minimum Gasteiger partial charge on any atom is -1.00 e. The molecule has 106 valence electrons. The van der Waals surface area contributed by atoms with Crippen LogP contribution < -0.4 is 17.0 Å². The maximum atomic E-state index is 5.65. The average molecular weight is 292 g/mol. The van der Waals surface area contributed by atoms with Gasteiger partial charge in [-0.15, -0.1) is 0 Å². The Balaban J connectivity index is 0.00000147. The Morgan fingerprint density at radius 1 is 1.00 bits per heavy atom. The lowest BCUT2D eigenvalue weighted by Gasteiger charge is -2.21. The van der Waals surface area contributed by atoms with Crippen molar-refractivity contribution in [2.24, 2.45) is 0 Å². The number of hydrogen-bond donors (Lipinski definition) is 0. The van der Waals surface area contributed by atoms with E-state index < -0.39 is 5.79 Å². The Morgan fingerprint density at radius 2 is 1.60 bits per heavy atom. The highest BCUT2D eigenvalue weighted by molar-refractivity contribution is 5.16. The monoisotopic (exact) mass is 291 g/mol. The first kappa shape index (κ1) is 15.0. The number of aromatic nitrogens is 1. The van der Waals surface area contributed by atoms with Crippen LogP contribution in [0.25, 0.3) is 0 Å². The van der Waals surface area contributed by atoms with Gasteiger partial charge in [0.05, 0.1) is 13.2 Å². The van der Waals surface area contributed by atoms with Gasteiger partial charge < -0.3 is 21.9 Å². The first-order valence-corrected chi connectivity index (χ1v) is 6.58. The molecule has 4 heteroatoms. The van der Waals surface area contributed by atoms with Gasteiger partial charge in [0.25, 0.3) is 0 Å². The number of rotatable bonds is 3. The van der Waals surface area contributed by atoms with E-state index in [4.69, 9.17) is 9.47 Å². The highest BCUT2D eigenvalue weighted by Crippen LogP contribution is 2.29. The number of pyridine rings is 1. The number of ether oxygens (including phenoxy) is 2. The Hall–Kier alpha value is -1.42. The van der Waals surface area contributed by atoms with Crippen LogP contribution >= 0.6 is 0 Å². The second kappa shape index (κ2) is 6.35. The summed E-state index contributed by atoms with van der Waals surface area (Å²) >= 11 is 0. The van der Waals surface area contributed by atoms with Crippen LogP contribution in [0, 0.1) is 0 Å². The first-order chi connectivity index (χ1) is 9.26. The van der Waals surface area contributed by atoms with Gasteiger partial charge in [0.15, 0.2) is 24.7 Å². The quantitative estimate of drug-likeness (QED) is 0.694. The molecule has 1 aliphatic heterocycles. The summed E-state index contributed by atoms with van der Waals surface area (Å²) in [5, 5.41) is 0. The molecule has 0 amide bonds. The molecule has 1 aliphatic rings. The molecule has 3 nitrogen and oxygen atoms in total. The number of benzene rings is 1. The fourth-order valence-corrected chi connectivity index (χ4v) is 2.34. The summed E-state index contributed by atoms with van der Waals surface area (Å²) in [6, 6.07) is 14.5. The molecule has 1 saturated heterocycles.